The molecule has 0 aromatic carbocycles. The second-order valence-corrected chi connectivity index (χ2v) is 16.9. The Morgan fingerprint density at radius 3 is 2.66 bits per heavy atom. The van der Waals surface area contributed by atoms with Crippen LogP contribution in [0, 0.1) is 17.8 Å². The fourth-order valence-corrected chi connectivity index (χ4v) is 10.1. The molecule has 11 N–H and O–H groups in total. The number of fused-ring (bicyclic) bond motifs is 4. The lowest BCUT2D eigenvalue weighted by molar-refractivity contribution is -0.410. The molecule has 5 aliphatic rings. The van der Waals surface area contributed by atoms with Crippen LogP contribution in [0.2, 0.25) is 0 Å². The molecular weight excluding hydrogens is 803 g/mol. The Morgan fingerprint density at radius 1 is 1.19 bits per heavy atom. The van der Waals surface area contributed by atoms with E-state index in [-0.39, 0.29) is 67.9 Å². The van der Waals surface area contributed by atoms with Crippen LogP contribution in [0.1, 0.15) is 25.7 Å². The molecule has 324 valence electrons. The summed E-state index contributed by atoms with van der Waals surface area (Å²) in [6, 6.07) is -0.477. The number of esters is 1. The van der Waals surface area contributed by atoms with Crippen LogP contribution in [0.25, 0.3) is 0 Å². The predicted octanol–water partition coefficient (Wildman–Crippen LogP) is -1.17. The number of rotatable bonds is 13. The highest BCUT2D eigenvalue weighted by Gasteiger charge is 2.57. The van der Waals surface area contributed by atoms with Gasteiger partial charge in [0, 0.05) is 49.2 Å². The number of nitrogens with one attached hydrogen (secondary N) is 2. The van der Waals surface area contributed by atoms with E-state index in [0.29, 0.717) is 29.9 Å². The molecule has 21 heteroatoms. The van der Waals surface area contributed by atoms with Crippen molar-refractivity contribution >= 4 is 39.5 Å². The number of carboxylic acid groups (broad SMARTS) is 1. The van der Waals surface area contributed by atoms with Crippen LogP contribution in [0.4, 0.5) is 0 Å². The molecule has 1 saturated carbocycles. The standard InChI is InChI=1S/C37H55N5O14S2/c1-3-23-24-9-8-20-12-42(13-25(32(47)48)29(20)41-36(38)40-10-5-11-43)22(14-44)18-58-57-17-21-6-4-7-27(21)54-33(49)26(24)16-52-34(23)56-35-31(53-19-39-2)37(50,51)30(46)28(15-45)55-35/h3,8-9,13,16,21-24,27-28,30-31,34-35,39,43-46,50-51H,1,4-7,10-12,14-15,17-19H2,2H3,(H,47,48)(H3,38,40,41)/b9-8+/t21-,22+,23+,24-,27-,28+,30+,31-,34-,35-/m0/s1. The minimum Gasteiger partial charge on any atom is -0.478 e. The van der Waals surface area contributed by atoms with Gasteiger partial charge in [0.15, 0.2) is 18.4 Å². The van der Waals surface area contributed by atoms with E-state index in [1.54, 1.807) is 45.7 Å². The average Bonchev–Trinajstić information content (AvgIpc) is 3.64. The van der Waals surface area contributed by atoms with Crippen molar-refractivity contribution in [1.29, 1.82) is 0 Å². The number of carbonyl (C=O) groups is 2. The molecule has 2 bridgehead atoms. The van der Waals surface area contributed by atoms with Crippen molar-refractivity contribution in [1.82, 2.24) is 15.5 Å². The maximum Gasteiger partial charge on any atom is 0.339 e. The molecule has 0 unspecified atom stereocenters. The van der Waals surface area contributed by atoms with Crippen LogP contribution < -0.4 is 16.4 Å². The third-order valence-corrected chi connectivity index (χ3v) is 13.1. The Labute approximate surface area is 344 Å². The summed E-state index contributed by atoms with van der Waals surface area (Å²) in [4.78, 5) is 32.9. The summed E-state index contributed by atoms with van der Waals surface area (Å²) in [5, 5.41) is 78.2. The minimum absolute atomic E-state index is 0.0681. The topological polar surface area (TPSA) is 288 Å². The van der Waals surface area contributed by atoms with E-state index in [1.807, 2.05) is 0 Å². The van der Waals surface area contributed by atoms with Gasteiger partial charge in [0.05, 0.1) is 55.0 Å². The normalized spacial score (nSPS) is 33.8. The zero-order valence-electron chi connectivity index (χ0n) is 32.1. The third-order valence-electron chi connectivity index (χ3n) is 10.5. The monoisotopic (exact) mass is 857 g/mol. The number of nitrogens with two attached hydrogens (primary N) is 1. The van der Waals surface area contributed by atoms with Gasteiger partial charge in [-0.1, -0.05) is 39.8 Å². The zero-order valence-corrected chi connectivity index (χ0v) is 33.8. The van der Waals surface area contributed by atoms with Gasteiger partial charge in [0.2, 0.25) is 12.1 Å². The molecule has 2 fully saturated rings. The number of aliphatic imine (C=N–C) groups is 1. The van der Waals surface area contributed by atoms with E-state index in [0.717, 1.165) is 12.8 Å². The van der Waals surface area contributed by atoms with Gasteiger partial charge >= 0.3 is 11.9 Å². The van der Waals surface area contributed by atoms with Crippen molar-refractivity contribution in [2.24, 2.45) is 28.5 Å². The van der Waals surface area contributed by atoms with Gasteiger partial charge < -0.3 is 75.4 Å². The SMILES string of the molecule is C=C[C@H]1[C@H](O[C@@H]2O[C@H](CO)[C@@H](O)C(O)(O)[C@H]2OCNC)OC=C2C(=O)O[C@H]3CCC[C@H]3CSSC[C@@H](CO)N3C=C(C(=O)O)C(NC(N)=NCCCO)=C(/C=C/[C@H]21)C3. The summed E-state index contributed by atoms with van der Waals surface area (Å²) in [5.74, 6) is -5.62. The first-order valence-electron chi connectivity index (χ1n) is 19.0. The van der Waals surface area contributed by atoms with Crippen molar-refractivity contribution in [3.8, 4) is 0 Å². The molecule has 0 aromatic heterocycles. The van der Waals surface area contributed by atoms with E-state index in [2.05, 4.69) is 22.2 Å². The van der Waals surface area contributed by atoms with Gasteiger partial charge in [-0.2, -0.15) is 0 Å². The van der Waals surface area contributed by atoms with E-state index in [4.69, 9.17) is 29.4 Å². The van der Waals surface area contributed by atoms with Gasteiger partial charge in [0.25, 0.3) is 0 Å². The molecule has 0 amide bonds. The second kappa shape index (κ2) is 21.4. The van der Waals surface area contributed by atoms with Gasteiger partial charge in [-0.25, -0.2) is 9.59 Å². The summed E-state index contributed by atoms with van der Waals surface area (Å²) < 4.78 is 29.7. The van der Waals surface area contributed by atoms with Crippen molar-refractivity contribution in [3.05, 3.63) is 59.7 Å². The summed E-state index contributed by atoms with van der Waals surface area (Å²) in [6.45, 7) is 2.86. The second-order valence-electron chi connectivity index (χ2n) is 14.4. The van der Waals surface area contributed by atoms with Crippen molar-refractivity contribution in [2.75, 3.05) is 58.2 Å². The van der Waals surface area contributed by atoms with Crippen LogP contribution >= 0.6 is 21.6 Å². The molecule has 0 radical (unpaired) electrons. The highest BCUT2D eigenvalue weighted by Crippen LogP contribution is 2.41. The molecule has 0 spiro atoms. The molecule has 10 atom stereocenters. The number of hydrogen-bond acceptors (Lipinski definition) is 18. The molecule has 19 nitrogen and oxygen atoms in total. The number of allylic oxidation sites excluding steroid dienone is 1. The average molecular weight is 858 g/mol. The largest absolute Gasteiger partial charge is 0.478 e. The number of carboxylic acids is 1. The molecule has 0 aromatic rings. The van der Waals surface area contributed by atoms with Gasteiger partial charge in [0.1, 0.15) is 18.3 Å². The van der Waals surface area contributed by atoms with Crippen LogP contribution in [-0.2, 0) is 33.3 Å². The van der Waals surface area contributed by atoms with Gasteiger partial charge in [-0.05, 0) is 38.3 Å². The van der Waals surface area contributed by atoms with Crippen LogP contribution in [0.15, 0.2) is 64.7 Å². The highest BCUT2D eigenvalue weighted by molar-refractivity contribution is 8.76. The third kappa shape index (κ3) is 10.8. The number of nitrogens with zero attached hydrogens (tertiary/aromatic N) is 2. The fraction of sp³-hybridized carbons (Fsp3) is 0.649. The number of hydrogen-bond donors (Lipinski definition) is 10. The number of carbonyl (C=O) groups excluding carboxylic acids is 1. The summed E-state index contributed by atoms with van der Waals surface area (Å²) >= 11 is 0. The Bertz CT molecular complexity index is 1610. The van der Waals surface area contributed by atoms with Gasteiger partial charge in [-0.3, -0.25) is 10.3 Å². The Hall–Kier alpha value is -3.19. The maximum atomic E-state index is 14.1. The summed E-state index contributed by atoms with van der Waals surface area (Å²) in [7, 11) is 4.68. The molecule has 1 saturated heterocycles. The first kappa shape index (κ1) is 45.9. The van der Waals surface area contributed by atoms with Crippen LogP contribution in [-0.4, -0.2) is 166 Å². The number of ether oxygens (including phenoxy) is 5. The lowest BCUT2D eigenvalue weighted by atomic mass is 9.83. The Kier molecular flexibility index (Phi) is 16.9. The first-order chi connectivity index (χ1) is 27.9. The maximum absolute atomic E-state index is 14.1. The molecule has 1 aliphatic carbocycles. The number of aliphatic carboxylic acids is 1. The van der Waals surface area contributed by atoms with Crippen molar-refractivity contribution < 1.29 is 69.0 Å². The van der Waals surface area contributed by atoms with Crippen molar-refractivity contribution in [2.45, 2.75) is 74.5 Å². The highest BCUT2D eigenvalue weighted by atomic mass is 33.1. The Morgan fingerprint density at radius 2 is 1.97 bits per heavy atom. The first-order valence-corrected chi connectivity index (χ1v) is 21.5. The lowest BCUT2D eigenvalue weighted by Crippen LogP contribution is -2.69. The van der Waals surface area contributed by atoms with E-state index in [1.165, 1.54) is 18.5 Å². The van der Waals surface area contributed by atoms with Crippen molar-refractivity contribution in [3.63, 3.8) is 0 Å². The number of aliphatic hydroxyl groups is 6. The summed E-state index contributed by atoms with van der Waals surface area (Å²) in [6.07, 6.45) is 1.55. The number of guanidine groups is 1. The zero-order chi connectivity index (χ0) is 42.0. The van der Waals surface area contributed by atoms with Gasteiger partial charge in [-0.15, -0.1) is 6.58 Å². The lowest BCUT2D eigenvalue weighted by Gasteiger charge is -2.47. The fourth-order valence-electron chi connectivity index (χ4n) is 7.33. The van der Waals surface area contributed by atoms with E-state index >= 15 is 0 Å². The summed E-state index contributed by atoms with van der Waals surface area (Å²) in [5.41, 5.74) is 6.62. The smallest absolute Gasteiger partial charge is 0.339 e. The minimum atomic E-state index is -2.94. The van der Waals surface area contributed by atoms with Crippen LogP contribution in [0.5, 0.6) is 0 Å². The van der Waals surface area contributed by atoms with E-state index < -0.39 is 73.1 Å². The van der Waals surface area contributed by atoms with E-state index in [9.17, 15) is 45.3 Å². The Balaban J connectivity index is 1.59. The quantitative estimate of drug-likeness (QED) is 0.0199. The predicted molar refractivity (Wildman–Crippen MR) is 212 cm³/mol. The molecule has 4 aliphatic heterocycles. The molecular formula is C37H55N5O14S2. The number of aliphatic hydroxyl groups excluding tert-OH is 4. The van der Waals surface area contributed by atoms with Crippen LogP contribution in [0.3, 0.4) is 0 Å². The molecule has 4 heterocycles. The molecule has 58 heavy (non-hydrogen) atoms. The molecule has 5 rings (SSSR count).